The highest BCUT2D eigenvalue weighted by Gasteiger charge is 2.26. The quantitative estimate of drug-likeness (QED) is 0.385. The number of hydrogen-bond acceptors (Lipinski definition) is 6. The molecule has 0 rings (SSSR count). The van der Waals surface area contributed by atoms with E-state index in [1.54, 1.807) is 7.11 Å². The molecule has 0 N–H and O–H groups in total. The minimum absolute atomic E-state index is 0.109. The molecule has 0 heterocycles. The molecule has 2 atom stereocenters. The minimum Gasteiger partial charge on any atom is -0.379 e. The van der Waals surface area contributed by atoms with Crippen molar-refractivity contribution in [2.24, 2.45) is 0 Å². The molecule has 6 nitrogen and oxygen atoms in total. The molecule has 0 amide bonds. The van der Waals surface area contributed by atoms with E-state index < -0.39 is 7.82 Å². The third-order valence-electron chi connectivity index (χ3n) is 2.37. The monoisotopic (exact) mass is 298 g/mol. The van der Waals surface area contributed by atoms with E-state index in [1.807, 2.05) is 6.92 Å². The Kier molecular flexibility index (Phi) is 11.8. The maximum atomic E-state index is 12.0. The van der Waals surface area contributed by atoms with Gasteiger partial charge in [0.05, 0.1) is 19.8 Å². The maximum Gasteiger partial charge on any atom is 0.474 e. The summed E-state index contributed by atoms with van der Waals surface area (Å²) in [5.74, 6) is 0. The molecular weight excluding hydrogens is 271 g/mol. The fraction of sp³-hybridized carbons (Fsp3) is 1.00. The smallest absolute Gasteiger partial charge is 0.379 e. The Morgan fingerprint density at radius 3 is 2.26 bits per heavy atom. The molecule has 0 aromatic heterocycles. The van der Waals surface area contributed by atoms with Gasteiger partial charge in [-0.1, -0.05) is 20.3 Å². The van der Waals surface area contributed by atoms with Crippen molar-refractivity contribution in [3.05, 3.63) is 0 Å². The van der Waals surface area contributed by atoms with Crippen LogP contribution in [0, 0.1) is 0 Å². The molecule has 116 valence electrons. The highest BCUT2D eigenvalue weighted by Crippen LogP contribution is 2.48. The Hall–Kier alpha value is 0.0300. The number of phosphoric ester groups is 1. The molecule has 0 aromatic carbocycles. The van der Waals surface area contributed by atoms with Crippen LogP contribution in [-0.4, -0.2) is 46.8 Å². The van der Waals surface area contributed by atoms with E-state index >= 15 is 0 Å². The van der Waals surface area contributed by atoms with Gasteiger partial charge in [0, 0.05) is 20.8 Å². The van der Waals surface area contributed by atoms with E-state index in [4.69, 9.17) is 23.0 Å². The summed E-state index contributed by atoms with van der Waals surface area (Å²) in [6.07, 6.45) is 2.54. The number of unbranched alkanes of at least 4 members (excludes halogenated alkanes) is 1. The highest BCUT2D eigenvalue weighted by molar-refractivity contribution is 7.48. The van der Waals surface area contributed by atoms with Crippen LogP contribution in [0.2, 0.25) is 0 Å². The van der Waals surface area contributed by atoms with Crippen LogP contribution >= 0.6 is 7.82 Å². The molecule has 0 aliphatic heterocycles. The average Bonchev–Trinajstić information content (AvgIpc) is 2.44. The molecule has 19 heavy (non-hydrogen) atoms. The molecular formula is C12H27O6P. The molecule has 2 unspecified atom stereocenters. The van der Waals surface area contributed by atoms with Gasteiger partial charge in [-0.3, -0.25) is 13.6 Å². The van der Waals surface area contributed by atoms with Crippen molar-refractivity contribution in [3.8, 4) is 0 Å². The molecule has 7 heteroatoms. The molecule has 0 aliphatic rings. The van der Waals surface area contributed by atoms with E-state index in [0.717, 1.165) is 19.3 Å². The summed E-state index contributed by atoms with van der Waals surface area (Å²) in [5.41, 5.74) is 0. The van der Waals surface area contributed by atoms with Crippen molar-refractivity contribution in [2.75, 3.05) is 40.6 Å². The van der Waals surface area contributed by atoms with Crippen LogP contribution in [-0.2, 0) is 27.6 Å². The summed E-state index contributed by atoms with van der Waals surface area (Å²) in [5, 5.41) is 0. The van der Waals surface area contributed by atoms with Gasteiger partial charge in [0.25, 0.3) is 0 Å². The van der Waals surface area contributed by atoms with Crippen molar-refractivity contribution in [1.82, 2.24) is 0 Å². The number of hydrogen-bond donors (Lipinski definition) is 0. The summed E-state index contributed by atoms with van der Waals surface area (Å²) in [4.78, 5) is 0. The molecule has 0 bridgehead atoms. The lowest BCUT2D eigenvalue weighted by Gasteiger charge is -2.19. The Morgan fingerprint density at radius 2 is 1.74 bits per heavy atom. The Bertz CT molecular complexity index is 248. The maximum absolute atomic E-state index is 12.0. The normalized spacial score (nSPS) is 16.2. The number of rotatable bonds is 13. The third kappa shape index (κ3) is 9.55. The second-order valence-electron chi connectivity index (χ2n) is 4.04. The SMILES string of the molecule is CCCCOCC(COP(=O)(OC)OCCC)OC. The summed E-state index contributed by atoms with van der Waals surface area (Å²) in [7, 11) is -0.605. The lowest BCUT2D eigenvalue weighted by atomic mass is 10.3. The van der Waals surface area contributed by atoms with Crippen LogP contribution < -0.4 is 0 Å². The van der Waals surface area contributed by atoms with Crippen LogP contribution in [0.1, 0.15) is 33.1 Å². The topological polar surface area (TPSA) is 63.2 Å². The highest BCUT2D eigenvalue weighted by atomic mass is 31.2. The molecule has 0 fully saturated rings. The van der Waals surface area contributed by atoms with Crippen molar-refractivity contribution in [3.63, 3.8) is 0 Å². The fourth-order valence-corrected chi connectivity index (χ4v) is 2.21. The number of phosphoric acid groups is 1. The fourth-order valence-electron chi connectivity index (χ4n) is 1.17. The first-order valence-corrected chi connectivity index (χ1v) is 8.13. The third-order valence-corrected chi connectivity index (χ3v) is 3.79. The van der Waals surface area contributed by atoms with Gasteiger partial charge in [-0.2, -0.15) is 0 Å². The van der Waals surface area contributed by atoms with Crippen LogP contribution in [0.3, 0.4) is 0 Å². The Labute approximate surface area is 116 Å². The van der Waals surface area contributed by atoms with Crippen LogP contribution in [0.5, 0.6) is 0 Å². The largest absolute Gasteiger partial charge is 0.474 e. The lowest BCUT2D eigenvalue weighted by Crippen LogP contribution is -2.24. The summed E-state index contributed by atoms with van der Waals surface area (Å²) in [6.45, 7) is 5.53. The first-order valence-electron chi connectivity index (χ1n) is 6.67. The zero-order chi connectivity index (χ0) is 14.6. The second kappa shape index (κ2) is 11.8. The van der Waals surface area contributed by atoms with Crippen molar-refractivity contribution >= 4 is 7.82 Å². The summed E-state index contributed by atoms with van der Waals surface area (Å²) >= 11 is 0. The standard InChI is InChI=1S/C12H27O6P/c1-5-7-9-16-10-12(14-3)11-18-19(13,15-4)17-8-6-2/h12H,5-11H2,1-4H3. The average molecular weight is 298 g/mol. The first-order chi connectivity index (χ1) is 9.11. The summed E-state index contributed by atoms with van der Waals surface area (Å²) < 4.78 is 37.7. The van der Waals surface area contributed by atoms with Gasteiger partial charge in [0.1, 0.15) is 6.10 Å². The van der Waals surface area contributed by atoms with E-state index in [2.05, 4.69) is 6.92 Å². The molecule has 0 saturated carbocycles. The predicted molar refractivity (Wildman–Crippen MR) is 73.3 cm³/mol. The Morgan fingerprint density at radius 1 is 1.00 bits per heavy atom. The molecule has 0 aromatic rings. The number of methoxy groups -OCH3 is 1. The van der Waals surface area contributed by atoms with Gasteiger partial charge in [0.2, 0.25) is 0 Å². The van der Waals surface area contributed by atoms with E-state index in [0.29, 0.717) is 19.8 Å². The van der Waals surface area contributed by atoms with Crippen LogP contribution in [0.25, 0.3) is 0 Å². The van der Waals surface area contributed by atoms with Crippen molar-refractivity contribution < 1.29 is 27.6 Å². The number of ether oxygens (including phenoxy) is 2. The van der Waals surface area contributed by atoms with Gasteiger partial charge in [-0.05, 0) is 12.8 Å². The van der Waals surface area contributed by atoms with Crippen molar-refractivity contribution in [2.45, 2.75) is 39.2 Å². The zero-order valence-corrected chi connectivity index (χ0v) is 13.3. The second-order valence-corrected chi connectivity index (χ2v) is 5.82. The molecule has 0 saturated heterocycles. The van der Waals surface area contributed by atoms with Gasteiger partial charge in [0.15, 0.2) is 0 Å². The van der Waals surface area contributed by atoms with Gasteiger partial charge < -0.3 is 9.47 Å². The summed E-state index contributed by atoms with van der Waals surface area (Å²) in [6, 6.07) is 0. The molecule has 0 aliphatic carbocycles. The zero-order valence-electron chi connectivity index (χ0n) is 12.4. The van der Waals surface area contributed by atoms with Crippen molar-refractivity contribution in [1.29, 1.82) is 0 Å². The van der Waals surface area contributed by atoms with Gasteiger partial charge >= 0.3 is 7.82 Å². The molecule has 0 spiro atoms. The van der Waals surface area contributed by atoms with E-state index in [1.165, 1.54) is 7.11 Å². The van der Waals surface area contributed by atoms with Gasteiger partial charge in [-0.15, -0.1) is 0 Å². The van der Waals surface area contributed by atoms with Crippen LogP contribution in [0.4, 0.5) is 0 Å². The first kappa shape index (κ1) is 19.0. The predicted octanol–water partition coefficient (Wildman–Crippen LogP) is 3.02. The lowest BCUT2D eigenvalue weighted by molar-refractivity contribution is -0.0230. The Balaban J connectivity index is 3.98. The van der Waals surface area contributed by atoms with Gasteiger partial charge in [-0.25, -0.2) is 4.57 Å². The molecule has 0 radical (unpaired) electrons. The minimum atomic E-state index is -3.46. The van der Waals surface area contributed by atoms with E-state index in [-0.39, 0.29) is 12.7 Å². The van der Waals surface area contributed by atoms with Crippen LogP contribution in [0.15, 0.2) is 0 Å². The van der Waals surface area contributed by atoms with E-state index in [9.17, 15) is 4.57 Å².